The Morgan fingerprint density at radius 1 is 1.32 bits per heavy atom. The molecule has 5 nitrogen and oxygen atoms in total. The maximum absolute atomic E-state index is 5.73. The zero-order chi connectivity index (χ0) is 13.2. The summed E-state index contributed by atoms with van der Waals surface area (Å²) < 4.78 is 5.24. The molecule has 0 fully saturated rings. The predicted octanol–water partition coefficient (Wildman–Crippen LogP) is 2.67. The van der Waals surface area contributed by atoms with E-state index in [9.17, 15) is 0 Å². The molecule has 0 saturated carbocycles. The number of nitrogen functional groups attached to an aromatic ring is 1. The van der Waals surface area contributed by atoms with Crippen LogP contribution in [0.3, 0.4) is 0 Å². The van der Waals surface area contributed by atoms with E-state index < -0.39 is 0 Å². The second-order valence-electron chi connectivity index (χ2n) is 4.18. The summed E-state index contributed by atoms with van der Waals surface area (Å²) in [5.74, 6) is 1.11. The molecule has 2 aromatic heterocycles. The van der Waals surface area contributed by atoms with Crippen molar-refractivity contribution in [2.45, 2.75) is 13.3 Å². The molecular formula is C13H12N4OS. The van der Waals surface area contributed by atoms with Gasteiger partial charge in [0, 0.05) is 16.6 Å². The number of nitrogens with two attached hydrogens (primary N) is 1. The lowest BCUT2D eigenvalue weighted by molar-refractivity contribution is 0.424. The fourth-order valence-corrected chi connectivity index (χ4v) is 2.38. The average molecular weight is 272 g/mol. The van der Waals surface area contributed by atoms with Crippen LogP contribution < -0.4 is 5.73 Å². The number of aromatic nitrogens is 3. The molecule has 6 heteroatoms. The molecule has 96 valence electrons. The quantitative estimate of drug-likeness (QED) is 0.742. The molecule has 0 aliphatic carbocycles. The minimum absolute atomic E-state index is 0.481. The standard InChI is InChI=1S/C13H12N4OS/c1-8-15-11(7-19-8)6-12-16-13(18-17-12)9-3-2-4-10(14)5-9/h2-5,7H,6,14H2,1H3. The number of benzene rings is 1. The molecule has 2 N–H and O–H groups in total. The lowest BCUT2D eigenvalue weighted by atomic mass is 10.2. The van der Waals surface area contributed by atoms with Crippen molar-refractivity contribution in [3.05, 3.63) is 46.2 Å². The Kier molecular flexibility index (Phi) is 3.00. The van der Waals surface area contributed by atoms with Gasteiger partial charge in [-0.25, -0.2) is 4.98 Å². The molecule has 0 aliphatic heterocycles. The van der Waals surface area contributed by atoms with Crippen LogP contribution in [-0.4, -0.2) is 15.1 Å². The second-order valence-corrected chi connectivity index (χ2v) is 5.24. The van der Waals surface area contributed by atoms with E-state index in [1.807, 2.05) is 36.6 Å². The molecule has 19 heavy (non-hydrogen) atoms. The van der Waals surface area contributed by atoms with Crippen molar-refractivity contribution >= 4 is 17.0 Å². The summed E-state index contributed by atoms with van der Waals surface area (Å²) in [7, 11) is 0. The van der Waals surface area contributed by atoms with Gasteiger partial charge in [-0.1, -0.05) is 11.2 Å². The molecule has 3 aromatic rings. The molecule has 0 aliphatic rings. The summed E-state index contributed by atoms with van der Waals surface area (Å²) in [4.78, 5) is 8.74. The molecule has 0 saturated heterocycles. The van der Waals surface area contributed by atoms with Crippen molar-refractivity contribution in [2.24, 2.45) is 0 Å². The van der Waals surface area contributed by atoms with Gasteiger partial charge in [-0.3, -0.25) is 0 Å². The monoisotopic (exact) mass is 272 g/mol. The first-order valence-corrected chi connectivity index (χ1v) is 6.68. The third kappa shape index (κ3) is 2.63. The molecule has 2 heterocycles. The van der Waals surface area contributed by atoms with E-state index in [1.54, 1.807) is 11.3 Å². The summed E-state index contributed by atoms with van der Waals surface area (Å²) in [5.41, 5.74) is 8.19. The maximum atomic E-state index is 5.73. The summed E-state index contributed by atoms with van der Waals surface area (Å²) in [6, 6.07) is 7.38. The van der Waals surface area contributed by atoms with E-state index in [1.165, 1.54) is 0 Å². The van der Waals surface area contributed by atoms with Gasteiger partial charge in [-0.05, 0) is 25.1 Å². The van der Waals surface area contributed by atoms with Crippen LogP contribution in [0.15, 0.2) is 34.2 Å². The van der Waals surface area contributed by atoms with Crippen LogP contribution in [-0.2, 0) is 6.42 Å². The van der Waals surface area contributed by atoms with Crippen LogP contribution in [0.4, 0.5) is 5.69 Å². The van der Waals surface area contributed by atoms with Crippen molar-refractivity contribution < 1.29 is 4.52 Å². The van der Waals surface area contributed by atoms with Gasteiger partial charge in [0.05, 0.1) is 17.1 Å². The van der Waals surface area contributed by atoms with Gasteiger partial charge in [0.2, 0.25) is 0 Å². The van der Waals surface area contributed by atoms with E-state index in [4.69, 9.17) is 10.3 Å². The molecule has 0 spiro atoms. The molecule has 3 rings (SSSR count). The van der Waals surface area contributed by atoms with Gasteiger partial charge in [0.1, 0.15) is 0 Å². The third-order valence-corrected chi connectivity index (χ3v) is 3.43. The number of hydrogen-bond donors (Lipinski definition) is 1. The van der Waals surface area contributed by atoms with E-state index in [2.05, 4.69) is 15.1 Å². The highest BCUT2D eigenvalue weighted by Crippen LogP contribution is 2.20. The van der Waals surface area contributed by atoms with Crippen LogP contribution in [0.1, 0.15) is 16.5 Å². The Balaban J connectivity index is 1.83. The number of nitrogens with zero attached hydrogens (tertiary/aromatic N) is 3. The maximum Gasteiger partial charge on any atom is 0.258 e. The Morgan fingerprint density at radius 2 is 2.21 bits per heavy atom. The second kappa shape index (κ2) is 4.81. The molecular weight excluding hydrogens is 260 g/mol. The van der Waals surface area contributed by atoms with Crippen molar-refractivity contribution in [2.75, 3.05) is 5.73 Å². The third-order valence-electron chi connectivity index (χ3n) is 2.61. The predicted molar refractivity (Wildman–Crippen MR) is 73.8 cm³/mol. The van der Waals surface area contributed by atoms with Crippen molar-refractivity contribution in [3.63, 3.8) is 0 Å². The van der Waals surface area contributed by atoms with Crippen LogP contribution in [0, 0.1) is 6.92 Å². The Morgan fingerprint density at radius 3 is 2.95 bits per heavy atom. The molecule has 0 unspecified atom stereocenters. The zero-order valence-corrected chi connectivity index (χ0v) is 11.1. The Labute approximate surface area is 114 Å². The first-order chi connectivity index (χ1) is 9.20. The lowest BCUT2D eigenvalue weighted by Gasteiger charge is -1.95. The van der Waals surface area contributed by atoms with Gasteiger partial charge in [-0.2, -0.15) is 4.98 Å². The van der Waals surface area contributed by atoms with Crippen molar-refractivity contribution in [1.82, 2.24) is 15.1 Å². The summed E-state index contributed by atoms with van der Waals surface area (Å²) in [5, 5.41) is 7.01. The molecule has 0 atom stereocenters. The van der Waals surface area contributed by atoms with E-state index in [-0.39, 0.29) is 0 Å². The minimum Gasteiger partial charge on any atom is -0.399 e. The average Bonchev–Trinajstić information content (AvgIpc) is 2.99. The number of rotatable bonds is 3. The van der Waals surface area contributed by atoms with Gasteiger partial charge < -0.3 is 10.3 Å². The van der Waals surface area contributed by atoms with Gasteiger partial charge >= 0.3 is 0 Å². The minimum atomic E-state index is 0.481. The van der Waals surface area contributed by atoms with E-state index in [0.717, 1.165) is 16.3 Å². The largest absolute Gasteiger partial charge is 0.399 e. The number of anilines is 1. The Hall–Kier alpha value is -2.21. The number of thiazole rings is 1. The molecule has 0 radical (unpaired) electrons. The summed E-state index contributed by atoms with van der Waals surface area (Å²) in [6.07, 6.45) is 0.580. The Bertz CT molecular complexity index is 704. The fourth-order valence-electron chi connectivity index (χ4n) is 1.77. The van der Waals surface area contributed by atoms with Crippen LogP contribution in [0.2, 0.25) is 0 Å². The SMILES string of the molecule is Cc1nc(Cc2noc(-c3cccc(N)c3)n2)cs1. The van der Waals surface area contributed by atoms with Gasteiger partial charge in [-0.15, -0.1) is 11.3 Å². The highest BCUT2D eigenvalue weighted by Gasteiger charge is 2.10. The highest BCUT2D eigenvalue weighted by atomic mass is 32.1. The topological polar surface area (TPSA) is 77.8 Å². The van der Waals surface area contributed by atoms with Gasteiger partial charge in [0.25, 0.3) is 5.89 Å². The van der Waals surface area contributed by atoms with Crippen molar-refractivity contribution in [1.29, 1.82) is 0 Å². The van der Waals surface area contributed by atoms with Crippen molar-refractivity contribution in [3.8, 4) is 11.5 Å². The van der Waals surface area contributed by atoms with E-state index in [0.29, 0.717) is 23.8 Å². The van der Waals surface area contributed by atoms with E-state index >= 15 is 0 Å². The van der Waals surface area contributed by atoms with Crippen LogP contribution in [0.25, 0.3) is 11.5 Å². The van der Waals surface area contributed by atoms with Gasteiger partial charge in [0.15, 0.2) is 5.82 Å². The molecule has 0 amide bonds. The van der Waals surface area contributed by atoms with Crippen LogP contribution in [0.5, 0.6) is 0 Å². The zero-order valence-electron chi connectivity index (χ0n) is 10.3. The van der Waals surface area contributed by atoms with Crippen LogP contribution >= 0.6 is 11.3 Å². The lowest BCUT2D eigenvalue weighted by Crippen LogP contribution is -1.91. The highest BCUT2D eigenvalue weighted by molar-refractivity contribution is 7.09. The first-order valence-electron chi connectivity index (χ1n) is 5.80. The first kappa shape index (κ1) is 11.9. The smallest absolute Gasteiger partial charge is 0.258 e. The number of hydrogen-bond acceptors (Lipinski definition) is 6. The summed E-state index contributed by atoms with van der Waals surface area (Å²) >= 11 is 1.61. The molecule has 0 bridgehead atoms. The molecule has 1 aromatic carbocycles. The fraction of sp³-hybridized carbons (Fsp3) is 0.154. The summed E-state index contributed by atoms with van der Waals surface area (Å²) in [6.45, 7) is 1.97. The normalized spacial score (nSPS) is 10.8. The number of aryl methyl sites for hydroxylation is 1.